The Labute approximate surface area is 321 Å². The van der Waals surface area contributed by atoms with Gasteiger partial charge in [0.1, 0.15) is 30.7 Å². The van der Waals surface area contributed by atoms with Gasteiger partial charge in [-0.2, -0.15) is 15.1 Å². The van der Waals surface area contributed by atoms with Crippen LogP contribution in [0.2, 0.25) is 5.28 Å². The minimum absolute atomic E-state index is 0.0973. The van der Waals surface area contributed by atoms with Crippen LogP contribution in [0, 0.1) is 12.3 Å². The number of rotatable bonds is 25. The predicted octanol–water partition coefficient (Wildman–Crippen LogP) is 1.19. The number of benzene rings is 1. The first-order chi connectivity index (χ1) is 26.3. The number of fused-ring (bicyclic) bond motifs is 1. The second-order valence-corrected chi connectivity index (χ2v) is 16.4. The van der Waals surface area contributed by atoms with Gasteiger partial charge in [0.2, 0.25) is 11.2 Å². The molecule has 1 amide bonds. The lowest BCUT2D eigenvalue weighted by Gasteiger charge is -2.21. The second kappa shape index (κ2) is 22.0. The van der Waals surface area contributed by atoms with Crippen molar-refractivity contribution in [1.82, 2.24) is 25.1 Å². The number of aromatic nitrogens is 4. The number of hydrogen-bond acceptors (Lipinski definition) is 15. The number of aliphatic hydroxyl groups excluding tert-OH is 2. The zero-order chi connectivity index (χ0) is 39.8. The minimum Gasteiger partial charge on any atom is -0.387 e. The van der Waals surface area contributed by atoms with Crippen molar-refractivity contribution in [3.63, 3.8) is 0 Å². The zero-order valence-corrected chi connectivity index (χ0v) is 32.1. The first-order valence-corrected chi connectivity index (χ1v) is 21.0. The van der Waals surface area contributed by atoms with E-state index in [0.717, 1.165) is 10.2 Å². The smallest absolute Gasteiger partial charge is 0.340 e. The van der Waals surface area contributed by atoms with Crippen molar-refractivity contribution in [2.75, 3.05) is 77.2 Å². The largest absolute Gasteiger partial charge is 0.387 e. The third-order valence-electron chi connectivity index (χ3n) is 7.85. The lowest BCUT2D eigenvalue weighted by atomic mass is 10.0. The Morgan fingerprint density at radius 2 is 1.64 bits per heavy atom. The molecule has 3 heterocycles. The van der Waals surface area contributed by atoms with E-state index in [1.54, 1.807) is 0 Å². The highest BCUT2D eigenvalue weighted by Gasteiger charge is 2.46. The number of ether oxygens (including phenoxy) is 5. The highest BCUT2D eigenvalue weighted by molar-refractivity contribution is 7.70. The number of halogens is 1. The van der Waals surface area contributed by atoms with Gasteiger partial charge in [-0.15, -0.1) is 6.42 Å². The maximum Gasteiger partial charge on any atom is 0.340 e. The topological polar surface area (TPSA) is 275 Å². The molecule has 2 unspecified atom stereocenters. The van der Waals surface area contributed by atoms with Crippen molar-refractivity contribution < 1.29 is 67.0 Å². The molecule has 0 spiro atoms. The molecule has 55 heavy (non-hydrogen) atoms. The molecule has 0 saturated carbocycles. The SMILES string of the molecule is C#CCOCCOCCOCCOCCNC(=O)CCC(Nc1nc(Cl)nc2c1cnn2[C@@H]1O[C@H](COP(=O)(O)CP(=O)(O)O)[C@@H](O)[C@H]1O)c1ccccc1. The van der Waals surface area contributed by atoms with E-state index < -0.39 is 58.3 Å². The Hall–Kier alpha value is -3.09. The number of nitrogens with one attached hydrogen (secondary N) is 2. The van der Waals surface area contributed by atoms with Gasteiger partial charge in [-0.05, 0) is 23.6 Å². The quantitative estimate of drug-likeness (QED) is 0.0273. The summed E-state index contributed by atoms with van der Waals surface area (Å²) in [7, 11) is -9.66. The van der Waals surface area contributed by atoms with Crippen molar-refractivity contribution in [2.24, 2.45) is 0 Å². The molecular weight excluding hydrogens is 790 g/mol. The van der Waals surface area contributed by atoms with Crippen LogP contribution in [-0.4, -0.2) is 141 Å². The third-order valence-corrected chi connectivity index (χ3v) is 11.5. The van der Waals surface area contributed by atoms with Crippen LogP contribution in [0.15, 0.2) is 36.5 Å². The van der Waals surface area contributed by atoms with Crippen molar-refractivity contribution in [1.29, 1.82) is 0 Å². The summed E-state index contributed by atoms with van der Waals surface area (Å²) in [6.45, 7) is 2.47. The Bertz CT molecular complexity index is 1800. The number of hydrogen-bond donors (Lipinski definition) is 7. The average Bonchev–Trinajstić information content (AvgIpc) is 3.67. The van der Waals surface area contributed by atoms with Gasteiger partial charge in [-0.1, -0.05) is 36.3 Å². The Morgan fingerprint density at radius 1 is 0.982 bits per heavy atom. The molecule has 23 heteroatoms. The maximum absolute atomic E-state index is 12.8. The molecule has 0 bridgehead atoms. The van der Waals surface area contributed by atoms with Crippen LogP contribution < -0.4 is 10.6 Å². The molecule has 1 aliphatic heterocycles. The molecule has 1 fully saturated rings. The van der Waals surface area contributed by atoms with Gasteiger partial charge in [0.05, 0.1) is 70.5 Å². The highest BCUT2D eigenvalue weighted by atomic mass is 35.5. The van der Waals surface area contributed by atoms with Gasteiger partial charge in [-0.25, -0.2) is 4.68 Å². The van der Waals surface area contributed by atoms with E-state index in [0.29, 0.717) is 64.6 Å². The molecule has 4 rings (SSSR count). The predicted molar refractivity (Wildman–Crippen MR) is 196 cm³/mol. The van der Waals surface area contributed by atoms with Crippen molar-refractivity contribution in [2.45, 2.75) is 43.4 Å². The van der Waals surface area contributed by atoms with Crippen LogP contribution in [-0.2, 0) is 42.1 Å². The summed E-state index contributed by atoms with van der Waals surface area (Å²) in [5, 5.41) is 32.0. The first-order valence-electron chi connectivity index (χ1n) is 17.0. The lowest BCUT2D eigenvalue weighted by molar-refractivity contribution is -0.121. The Morgan fingerprint density at radius 3 is 2.29 bits per heavy atom. The normalized spacial score (nSPS) is 20.2. The van der Waals surface area contributed by atoms with E-state index in [-0.39, 0.29) is 35.7 Å². The van der Waals surface area contributed by atoms with E-state index in [2.05, 4.69) is 31.6 Å². The number of carbonyl (C=O) groups is 1. The highest BCUT2D eigenvalue weighted by Crippen LogP contribution is 2.55. The molecule has 6 atom stereocenters. The fraction of sp³-hybridized carbons (Fsp3) is 0.562. The van der Waals surface area contributed by atoms with Gasteiger partial charge >= 0.3 is 15.2 Å². The van der Waals surface area contributed by atoms with E-state index in [9.17, 15) is 29.0 Å². The van der Waals surface area contributed by atoms with Crippen molar-refractivity contribution in [3.05, 3.63) is 47.4 Å². The summed E-state index contributed by atoms with van der Waals surface area (Å²) in [6, 6.07) is 8.89. The number of carbonyl (C=O) groups excluding carboxylic acids is 1. The third kappa shape index (κ3) is 14.7. The lowest BCUT2D eigenvalue weighted by Crippen LogP contribution is -2.33. The number of anilines is 1. The van der Waals surface area contributed by atoms with Crippen molar-refractivity contribution in [3.8, 4) is 12.3 Å². The van der Waals surface area contributed by atoms with Crippen LogP contribution >= 0.6 is 26.8 Å². The van der Waals surface area contributed by atoms with E-state index >= 15 is 0 Å². The van der Waals surface area contributed by atoms with E-state index in [4.69, 9.17) is 56.0 Å². The number of aliphatic hydroxyl groups is 2. The molecule has 1 saturated heterocycles. The van der Waals surface area contributed by atoms with Crippen LogP contribution in [0.1, 0.15) is 30.7 Å². The van der Waals surface area contributed by atoms with E-state index in [1.807, 2.05) is 30.3 Å². The van der Waals surface area contributed by atoms with Crippen LogP contribution in [0.5, 0.6) is 0 Å². The molecule has 0 aliphatic carbocycles. The number of amides is 1. The average molecular weight is 835 g/mol. The van der Waals surface area contributed by atoms with E-state index in [1.165, 1.54) is 6.20 Å². The molecular formula is C32H45ClN6O14P2. The summed E-state index contributed by atoms with van der Waals surface area (Å²) < 4.78 is 56.3. The first kappa shape index (κ1) is 44.6. The molecule has 2 aromatic heterocycles. The standard InChI is InChI=1S/C32H45ClN6O14P2/c1-2-11-48-13-15-50-17-18-51-16-14-49-12-10-34-26(40)9-8-24(22-6-4-3-5-7-22)36-29-23-19-35-39(30(23)38-32(33)37-29)31-28(42)27(41)25(53-31)20-52-55(46,47)21-54(43,44)45/h1,3-7,19,24-25,27-28,31,41-42H,8-18,20-21H2,(H,34,40)(H,46,47)(H,36,37,38)(H2,43,44,45)/t24?,25-,27-,28-,31-/m1/s1. The van der Waals surface area contributed by atoms with Crippen LogP contribution in [0.3, 0.4) is 0 Å². The fourth-order valence-corrected chi connectivity index (χ4v) is 8.05. The summed E-state index contributed by atoms with van der Waals surface area (Å²) in [6.07, 6.45) is 0.940. The number of nitrogens with zero attached hydrogens (tertiary/aromatic N) is 4. The molecule has 3 aromatic rings. The van der Waals surface area contributed by atoms with Gasteiger partial charge in [-0.3, -0.25) is 13.9 Å². The minimum atomic E-state index is -4.89. The summed E-state index contributed by atoms with van der Waals surface area (Å²) >= 11 is 6.32. The van der Waals surface area contributed by atoms with Crippen LogP contribution in [0.25, 0.3) is 11.0 Å². The second-order valence-electron chi connectivity index (χ2n) is 12.0. The van der Waals surface area contributed by atoms with Gasteiger partial charge in [0.25, 0.3) is 0 Å². The molecule has 0 radical (unpaired) electrons. The molecule has 1 aromatic carbocycles. The molecule has 20 nitrogen and oxygen atoms in total. The Balaban J connectivity index is 1.30. The molecule has 7 N–H and O–H groups in total. The summed E-state index contributed by atoms with van der Waals surface area (Å²) in [4.78, 5) is 49.2. The van der Waals surface area contributed by atoms with Gasteiger partial charge < -0.3 is 63.7 Å². The summed E-state index contributed by atoms with van der Waals surface area (Å²) in [5.41, 5.74) is 0.942. The van der Waals surface area contributed by atoms with Crippen LogP contribution in [0.4, 0.5) is 5.82 Å². The molecule has 304 valence electrons. The summed E-state index contributed by atoms with van der Waals surface area (Å²) in [5.74, 6) is 0.986. The fourth-order valence-electron chi connectivity index (χ4n) is 5.32. The zero-order valence-electron chi connectivity index (χ0n) is 29.6. The molecule has 1 aliphatic rings. The van der Waals surface area contributed by atoms with Gasteiger partial charge in [0.15, 0.2) is 17.8 Å². The van der Waals surface area contributed by atoms with Crippen molar-refractivity contribution >= 4 is 49.6 Å². The number of terminal acetylenes is 1. The Kier molecular flexibility index (Phi) is 17.9. The van der Waals surface area contributed by atoms with Gasteiger partial charge in [0, 0.05) is 13.0 Å². The monoisotopic (exact) mass is 834 g/mol. The maximum atomic E-state index is 12.8.